The van der Waals surface area contributed by atoms with E-state index in [1.54, 1.807) is 4.90 Å². The number of rotatable bonds is 9. The van der Waals surface area contributed by atoms with Crippen LogP contribution in [0.3, 0.4) is 0 Å². The molecule has 0 aliphatic carbocycles. The lowest BCUT2D eigenvalue weighted by atomic mass is 10.0. The van der Waals surface area contributed by atoms with Crippen molar-refractivity contribution in [3.05, 3.63) is 71.8 Å². The minimum absolute atomic E-state index is 0.0654. The molecule has 2 aromatic rings. The number of nitrogens with one attached hydrogen (secondary N) is 1. The van der Waals surface area contributed by atoms with Gasteiger partial charge in [0, 0.05) is 19.5 Å². The summed E-state index contributed by atoms with van der Waals surface area (Å²) in [6.07, 6.45) is 1.09. The normalized spacial score (nSPS) is 11.6. The summed E-state index contributed by atoms with van der Waals surface area (Å²) < 4.78 is 0. The van der Waals surface area contributed by atoms with E-state index < -0.39 is 6.04 Å². The summed E-state index contributed by atoms with van der Waals surface area (Å²) in [5, 5.41) is 11.8. The van der Waals surface area contributed by atoms with Crippen molar-refractivity contribution in [1.29, 1.82) is 0 Å². The van der Waals surface area contributed by atoms with Crippen LogP contribution in [0.2, 0.25) is 0 Å². The molecule has 0 fully saturated rings. The largest absolute Gasteiger partial charge is 0.395 e. The van der Waals surface area contributed by atoms with Gasteiger partial charge in [0.15, 0.2) is 0 Å². The Morgan fingerprint density at radius 3 is 2.23 bits per heavy atom. The first-order valence-corrected chi connectivity index (χ1v) is 8.94. The summed E-state index contributed by atoms with van der Waals surface area (Å²) in [4.78, 5) is 27.3. The zero-order valence-electron chi connectivity index (χ0n) is 15.1. The molecule has 5 nitrogen and oxygen atoms in total. The lowest BCUT2D eigenvalue weighted by Crippen LogP contribution is -2.44. The average Bonchev–Trinajstić information content (AvgIpc) is 2.67. The van der Waals surface area contributed by atoms with Crippen molar-refractivity contribution in [2.45, 2.75) is 32.4 Å². The van der Waals surface area contributed by atoms with Crippen LogP contribution in [-0.4, -0.2) is 35.0 Å². The third-order valence-electron chi connectivity index (χ3n) is 4.07. The predicted molar refractivity (Wildman–Crippen MR) is 101 cm³/mol. The predicted octanol–water partition coefficient (Wildman–Crippen LogP) is 2.67. The minimum Gasteiger partial charge on any atom is -0.395 e. The summed E-state index contributed by atoms with van der Waals surface area (Å²) in [7, 11) is 0. The van der Waals surface area contributed by atoms with Crippen LogP contribution in [0.1, 0.15) is 36.9 Å². The van der Waals surface area contributed by atoms with Gasteiger partial charge in [0.2, 0.25) is 11.8 Å². The Hall–Kier alpha value is -2.66. The molecule has 26 heavy (non-hydrogen) atoms. The third kappa shape index (κ3) is 5.43. The zero-order chi connectivity index (χ0) is 18.8. The van der Waals surface area contributed by atoms with Crippen molar-refractivity contribution in [2.24, 2.45) is 0 Å². The van der Waals surface area contributed by atoms with E-state index in [-0.39, 0.29) is 25.0 Å². The van der Waals surface area contributed by atoms with E-state index in [0.29, 0.717) is 19.4 Å². The average molecular weight is 354 g/mol. The van der Waals surface area contributed by atoms with Gasteiger partial charge in [-0.3, -0.25) is 9.59 Å². The molecule has 138 valence electrons. The molecule has 0 saturated carbocycles. The van der Waals surface area contributed by atoms with Crippen LogP contribution < -0.4 is 5.32 Å². The van der Waals surface area contributed by atoms with Gasteiger partial charge >= 0.3 is 0 Å². The van der Waals surface area contributed by atoms with Crippen LogP contribution in [0, 0.1) is 0 Å². The van der Waals surface area contributed by atoms with Crippen LogP contribution >= 0.6 is 0 Å². The highest BCUT2D eigenvalue weighted by atomic mass is 16.3. The minimum atomic E-state index is -0.734. The van der Waals surface area contributed by atoms with Gasteiger partial charge in [-0.2, -0.15) is 0 Å². The molecule has 0 heterocycles. The maximum atomic E-state index is 12.8. The first kappa shape index (κ1) is 19.7. The Morgan fingerprint density at radius 1 is 1.04 bits per heavy atom. The molecule has 1 atom stereocenters. The molecule has 2 N–H and O–H groups in total. The van der Waals surface area contributed by atoms with Gasteiger partial charge < -0.3 is 15.3 Å². The number of aliphatic hydroxyl groups excluding tert-OH is 1. The molecule has 2 amide bonds. The summed E-state index contributed by atoms with van der Waals surface area (Å²) in [5.74, 6) is -0.352. The van der Waals surface area contributed by atoms with E-state index in [1.807, 2.05) is 67.6 Å². The van der Waals surface area contributed by atoms with Crippen molar-refractivity contribution in [1.82, 2.24) is 10.2 Å². The molecule has 2 rings (SSSR count). The van der Waals surface area contributed by atoms with Gasteiger partial charge in [0.25, 0.3) is 0 Å². The molecule has 0 saturated heterocycles. The quantitative estimate of drug-likeness (QED) is 0.727. The number of carbonyl (C=O) groups excluding carboxylic acids is 2. The Balaban J connectivity index is 2.38. The Labute approximate surface area is 154 Å². The summed E-state index contributed by atoms with van der Waals surface area (Å²) in [5.41, 5.74) is 1.72. The van der Waals surface area contributed by atoms with Crippen molar-refractivity contribution < 1.29 is 14.7 Å². The topological polar surface area (TPSA) is 69.6 Å². The molecule has 5 heteroatoms. The molecule has 0 aromatic heterocycles. The van der Waals surface area contributed by atoms with Crippen molar-refractivity contribution in [2.75, 3.05) is 13.2 Å². The van der Waals surface area contributed by atoms with Crippen molar-refractivity contribution in [3.63, 3.8) is 0 Å². The second-order valence-corrected chi connectivity index (χ2v) is 6.09. The summed E-state index contributed by atoms with van der Waals surface area (Å²) >= 11 is 0. The highest BCUT2D eigenvalue weighted by molar-refractivity contribution is 5.88. The maximum Gasteiger partial charge on any atom is 0.247 e. The number of nitrogens with zero attached hydrogens (tertiary/aromatic N) is 1. The van der Waals surface area contributed by atoms with E-state index in [2.05, 4.69) is 5.32 Å². The Kier molecular flexibility index (Phi) is 7.83. The molecule has 0 bridgehead atoms. The van der Waals surface area contributed by atoms with Gasteiger partial charge in [0.05, 0.1) is 6.61 Å². The lowest BCUT2D eigenvalue weighted by Gasteiger charge is -2.31. The number of hydrogen-bond donors (Lipinski definition) is 2. The SMILES string of the molecule is CCCC(=O)N(Cc1ccccc1)C(C(=O)NCCO)c1ccccc1. The highest BCUT2D eigenvalue weighted by Gasteiger charge is 2.30. The van der Waals surface area contributed by atoms with E-state index in [0.717, 1.165) is 11.1 Å². The van der Waals surface area contributed by atoms with Crippen LogP contribution in [-0.2, 0) is 16.1 Å². The Morgan fingerprint density at radius 2 is 1.65 bits per heavy atom. The second kappa shape index (κ2) is 10.4. The fourth-order valence-corrected chi connectivity index (χ4v) is 2.85. The standard InChI is InChI=1S/C21H26N2O3/c1-2-9-19(25)23(16-17-10-5-3-6-11-17)20(21(26)22-14-15-24)18-12-7-4-8-13-18/h3-8,10-13,20,24H,2,9,14-16H2,1H3,(H,22,26). The van der Waals surface area contributed by atoms with E-state index in [1.165, 1.54) is 0 Å². The van der Waals surface area contributed by atoms with Gasteiger partial charge in [-0.05, 0) is 17.5 Å². The van der Waals surface area contributed by atoms with Gasteiger partial charge in [-0.25, -0.2) is 0 Å². The lowest BCUT2D eigenvalue weighted by molar-refractivity contribution is -0.141. The highest BCUT2D eigenvalue weighted by Crippen LogP contribution is 2.24. The molecular weight excluding hydrogens is 328 g/mol. The van der Waals surface area contributed by atoms with Gasteiger partial charge in [-0.1, -0.05) is 67.6 Å². The van der Waals surface area contributed by atoms with Crippen LogP contribution in [0.15, 0.2) is 60.7 Å². The monoisotopic (exact) mass is 354 g/mol. The van der Waals surface area contributed by atoms with E-state index in [4.69, 9.17) is 5.11 Å². The summed E-state index contributed by atoms with van der Waals surface area (Å²) in [6.45, 7) is 2.31. The van der Waals surface area contributed by atoms with Crippen molar-refractivity contribution >= 4 is 11.8 Å². The number of benzene rings is 2. The fraction of sp³-hybridized carbons (Fsp3) is 0.333. The van der Waals surface area contributed by atoms with Gasteiger partial charge in [-0.15, -0.1) is 0 Å². The molecule has 1 unspecified atom stereocenters. The molecule has 2 aromatic carbocycles. The number of amides is 2. The first-order valence-electron chi connectivity index (χ1n) is 8.94. The van der Waals surface area contributed by atoms with Crippen molar-refractivity contribution in [3.8, 4) is 0 Å². The molecule has 0 radical (unpaired) electrons. The van der Waals surface area contributed by atoms with Gasteiger partial charge in [0.1, 0.15) is 6.04 Å². The second-order valence-electron chi connectivity index (χ2n) is 6.09. The smallest absolute Gasteiger partial charge is 0.247 e. The number of carbonyl (C=O) groups is 2. The number of aliphatic hydroxyl groups is 1. The first-order chi connectivity index (χ1) is 12.7. The number of hydrogen-bond acceptors (Lipinski definition) is 3. The molecule has 0 spiro atoms. The summed E-state index contributed by atoms with van der Waals surface area (Å²) in [6, 6.07) is 18.2. The third-order valence-corrected chi connectivity index (χ3v) is 4.07. The van der Waals surface area contributed by atoms with Crippen LogP contribution in [0.4, 0.5) is 0 Å². The fourth-order valence-electron chi connectivity index (χ4n) is 2.85. The zero-order valence-corrected chi connectivity index (χ0v) is 15.1. The van der Waals surface area contributed by atoms with Crippen LogP contribution in [0.25, 0.3) is 0 Å². The maximum absolute atomic E-state index is 12.8. The molecule has 0 aliphatic heterocycles. The Bertz CT molecular complexity index is 689. The van der Waals surface area contributed by atoms with E-state index in [9.17, 15) is 9.59 Å². The molecular formula is C21H26N2O3. The van der Waals surface area contributed by atoms with Crippen LogP contribution in [0.5, 0.6) is 0 Å². The van der Waals surface area contributed by atoms with E-state index >= 15 is 0 Å². The molecule has 0 aliphatic rings.